The van der Waals surface area contributed by atoms with Crippen LogP contribution in [-0.4, -0.2) is 12.5 Å². The van der Waals surface area contributed by atoms with Crippen molar-refractivity contribution < 1.29 is 14.3 Å². The summed E-state index contributed by atoms with van der Waals surface area (Å²) >= 11 is 0. The second-order valence-corrected chi connectivity index (χ2v) is 7.86. The van der Waals surface area contributed by atoms with Gasteiger partial charge in [0.15, 0.2) is 11.5 Å². The second kappa shape index (κ2) is 11.0. The highest BCUT2D eigenvalue weighted by molar-refractivity contribution is 6.10. The Morgan fingerprint density at radius 1 is 0.970 bits per heavy atom. The van der Waals surface area contributed by atoms with E-state index in [1.165, 1.54) is 5.56 Å². The molecule has 3 rings (SSSR count). The predicted octanol–water partition coefficient (Wildman–Crippen LogP) is 6.14. The van der Waals surface area contributed by atoms with Crippen molar-refractivity contribution in [2.24, 2.45) is 0 Å². The van der Waals surface area contributed by atoms with Crippen molar-refractivity contribution >= 4 is 17.7 Å². The Morgan fingerprint density at radius 2 is 1.76 bits per heavy atom. The third kappa shape index (κ3) is 6.47. The molecule has 0 aliphatic heterocycles. The molecular formula is C28H28N2O3. The second-order valence-electron chi connectivity index (χ2n) is 7.86. The number of carbonyl (C=O) groups excluding carboxylic acids is 1. The van der Waals surface area contributed by atoms with Crippen molar-refractivity contribution in [2.45, 2.75) is 34.3 Å². The summed E-state index contributed by atoms with van der Waals surface area (Å²) in [7, 11) is 0. The smallest absolute Gasteiger partial charge is 0.266 e. The van der Waals surface area contributed by atoms with E-state index >= 15 is 0 Å². The summed E-state index contributed by atoms with van der Waals surface area (Å²) in [6, 6.07) is 21.3. The minimum atomic E-state index is -0.455. The molecular weight excluding hydrogens is 412 g/mol. The number of rotatable bonds is 8. The number of nitrogens with zero attached hydrogens (tertiary/aromatic N) is 1. The van der Waals surface area contributed by atoms with Crippen LogP contribution in [0.1, 0.15) is 34.7 Å². The predicted molar refractivity (Wildman–Crippen MR) is 131 cm³/mol. The van der Waals surface area contributed by atoms with Crippen molar-refractivity contribution in [3.05, 3.63) is 94.1 Å². The van der Waals surface area contributed by atoms with Gasteiger partial charge in [0.2, 0.25) is 0 Å². The number of benzene rings is 3. The van der Waals surface area contributed by atoms with E-state index in [0.29, 0.717) is 36.0 Å². The first-order valence-electron chi connectivity index (χ1n) is 10.8. The first kappa shape index (κ1) is 23.6. The van der Waals surface area contributed by atoms with E-state index in [1.807, 2.05) is 70.2 Å². The molecule has 0 unspecified atom stereocenters. The van der Waals surface area contributed by atoms with Crippen LogP contribution in [0.2, 0.25) is 0 Å². The molecule has 0 spiro atoms. The first-order chi connectivity index (χ1) is 15.9. The van der Waals surface area contributed by atoms with Gasteiger partial charge in [0.1, 0.15) is 18.2 Å². The number of ether oxygens (including phenoxy) is 2. The van der Waals surface area contributed by atoms with Gasteiger partial charge in [-0.05, 0) is 74.2 Å². The summed E-state index contributed by atoms with van der Waals surface area (Å²) in [5, 5.41) is 12.4. The van der Waals surface area contributed by atoms with Crippen molar-refractivity contribution in [3.8, 4) is 17.6 Å². The standard InChI is InChI=1S/C28H28N2O3/c1-5-32-27-16-22(11-12-26(27)33-18-23-8-6-7-19(2)13-23)15-24(17-29)28(31)30-25-14-20(3)9-10-21(25)4/h6-16H,5,18H2,1-4H3,(H,30,31)/b24-15+. The zero-order chi connectivity index (χ0) is 23.8. The van der Waals surface area contributed by atoms with Crippen LogP contribution in [0.3, 0.4) is 0 Å². The summed E-state index contributed by atoms with van der Waals surface area (Å²) in [4.78, 5) is 12.7. The van der Waals surface area contributed by atoms with Gasteiger partial charge < -0.3 is 14.8 Å². The quantitative estimate of drug-likeness (QED) is 0.338. The highest BCUT2D eigenvalue weighted by Gasteiger charge is 2.13. The third-order valence-corrected chi connectivity index (χ3v) is 5.06. The topological polar surface area (TPSA) is 71.3 Å². The van der Waals surface area contributed by atoms with E-state index < -0.39 is 5.91 Å². The summed E-state index contributed by atoms with van der Waals surface area (Å²) in [5.41, 5.74) is 5.57. The minimum absolute atomic E-state index is 0.00628. The summed E-state index contributed by atoms with van der Waals surface area (Å²) in [6.45, 7) is 8.68. The van der Waals surface area contributed by atoms with Crippen molar-refractivity contribution in [1.29, 1.82) is 5.26 Å². The number of nitrogens with one attached hydrogen (secondary N) is 1. The normalized spacial score (nSPS) is 10.9. The highest BCUT2D eigenvalue weighted by Crippen LogP contribution is 2.30. The van der Waals surface area contributed by atoms with Crippen LogP contribution in [-0.2, 0) is 11.4 Å². The number of amides is 1. The van der Waals surface area contributed by atoms with Gasteiger partial charge in [-0.15, -0.1) is 0 Å². The average Bonchev–Trinajstić information content (AvgIpc) is 2.79. The lowest BCUT2D eigenvalue weighted by Gasteiger charge is -2.13. The van der Waals surface area contributed by atoms with Crippen molar-refractivity contribution in [3.63, 3.8) is 0 Å². The van der Waals surface area contributed by atoms with E-state index in [-0.39, 0.29) is 5.57 Å². The lowest BCUT2D eigenvalue weighted by Crippen LogP contribution is -2.14. The molecule has 0 bridgehead atoms. The molecule has 0 aliphatic carbocycles. The van der Waals surface area contributed by atoms with E-state index in [0.717, 1.165) is 16.7 Å². The number of aryl methyl sites for hydroxylation is 3. The lowest BCUT2D eigenvalue weighted by molar-refractivity contribution is -0.112. The van der Waals surface area contributed by atoms with Gasteiger partial charge in [-0.1, -0.05) is 48.0 Å². The fourth-order valence-corrected chi connectivity index (χ4v) is 3.34. The number of hydrogen-bond acceptors (Lipinski definition) is 4. The Hall–Kier alpha value is -4.04. The molecule has 0 fully saturated rings. The Kier molecular flexibility index (Phi) is 7.88. The van der Waals surface area contributed by atoms with Crippen molar-refractivity contribution in [2.75, 3.05) is 11.9 Å². The maximum absolute atomic E-state index is 12.7. The molecule has 5 nitrogen and oxygen atoms in total. The van der Waals surface area contributed by atoms with Crippen LogP contribution in [0.15, 0.2) is 66.2 Å². The van der Waals surface area contributed by atoms with E-state index in [9.17, 15) is 10.1 Å². The number of carbonyl (C=O) groups is 1. The summed E-state index contributed by atoms with van der Waals surface area (Å²) in [5.74, 6) is 0.712. The molecule has 0 saturated heterocycles. The van der Waals surface area contributed by atoms with Crippen LogP contribution in [0.25, 0.3) is 6.08 Å². The molecule has 0 saturated carbocycles. The van der Waals surface area contributed by atoms with Gasteiger partial charge in [0.05, 0.1) is 6.61 Å². The van der Waals surface area contributed by atoms with Gasteiger partial charge >= 0.3 is 0 Å². The zero-order valence-electron chi connectivity index (χ0n) is 19.4. The van der Waals surface area contributed by atoms with Crippen LogP contribution in [0.5, 0.6) is 11.5 Å². The molecule has 0 radical (unpaired) electrons. The van der Waals surface area contributed by atoms with Crippen molar-refractivity contribution in [1.82, 2.24) is 0 Å². The highest BCUT2D eigenvalue weighted by atomic mass is 16.5. The number of anilines is 1. The van der Waals surface area contributed by atoms with Gasteiger partial charge in [-0.25, -0.2) is 0 Å². The molecule has 0 aliphatic rings. The zero-order valence-corrected chi connectivity index (χ0v) is 19.4. The molecule has 0 heterocycles. The number of nitriles is 1. The average molecular weight is 441 g/mol. The SMILES string of the molecule is CCOc1cc(/C=C(\C#N)C(=O)Nc2cc(C)ccc2C)ccc1OCc1cccc(C)c1. The monoisotopic (exact) mass is 440 g/mol. The Bertz CT molecular complexity index is 1220. The molecule has 5 heteroatoms. The molecule has 1 N–H and O–H groups in total. The fraction of sp³-hybridized carbons (Fsp3) is 0.214. The maximum Gasteiger partial charge on any atom is 0.266 e. The molecule has 33 heavy (non-hydrogen) atoms. The first-order valence-corrected chi connectivity index (χ1v) is 10.8. The molecule has 1 amide bonds. The van der Waals surface area contributed by atoms with Crippen LogP contribution in [0.4, 0.5) is 5.69 Å². The van der Waals surface area contributed by atoms with Gasteiger partial charge in [-0.2, -0.15) is 5.26 Å². The fourth-order valence-electron chi connectivity index (χ4n) is 3.34. The van der Waals surface area contributed by atoms with E-state index in [2.05, 4.69) is 11.4 Å². The Labute approximate surface area is 195 Å². The van der Waals surface area contributed by atoms with E-state index in [1.54, 1.807) is 24.3 Å². The van der Waals surface area contributed by atoms with Crippen LogP contribution in [0, 0.1) is 32.1 Å². The molecule has 3 aromatic rings. The van der Waals surface area contributed by atoms with Gasteiger partial charge in [0, 0.05) is 5.69 Å². The molecule has 3 aromatic carbocycles. The van der Waals surface area contributed by atoms with E-state index in [4.69, 9.17) is 9.47 Å². The molecule has 0 atom stereocenters. The summed E-state index contributed by atoms with van der Waals surface area (Å²) < 4.78 is 11.7. The lowest BCUT2D eigenvalue weighted by atomic mass is 10.1. The molecule has 0 aromatic heterocycles. The van der Waals surface area contributed by atoms with Crippen LogP contribution >= 0.6 is 0 Å². The van der Waals surface area contributed by atoms with Crippen LogP contribution < -0.4 is 14.8 Å². The number of hydrogen-bond donors (Lipinski definition) is 1. The largest absolute Gasteiger partial charge is 0.490 e. The Morgan fingerprint density at radius 3 is 2.48 bits per heavy atom. The molecule has 168 valence electrons. The van der Waals surface area contributed by atoms with Gasteiger partial charge in [-0.3, -0.25) is 4.79 Å². The van der Waals surface area contributed by atoms with Gasteiger partial charge in [0.25, 0.3) is 5.91 Å². The Balaban J connectivity index is 1.80. The maximum atomic E-state index is 12.7. The minimum Gasteiger partial charge on any atom is -0.490 e. The third-order valence-electron chi connectivity index (χ3n) is 5.06. The summed E-state index contributed by atoms with van der Waals surface area (Å²) in [6.07, 6.45) is 1.55.